The normalized spacial score (nSPS) is 11.9. The van der Waals surface area contributed by atoms with E-state index >= 15 is 0 Å². The summed E-state index contributed by atoms with van der Waals surface area (Å²) in [7, 11) is 1.73. The first-order valence-electron chi connectivity index (χ1n) is 5.74. The predicted octanol–water partition coefficient (Wildman–Crippen LogP) is 2.10. The Bertz CT molecular complexity index is 570. The molecule has 0 aliphatic rings. The molecule has 19 heavy (non-hydrogen) atoms. The molecule has 1 amide bonds. The van der Waals surface area contributed by atoms with Crippen molar-refractivity contribution in [2.24, 2.45) is 0 Å². The van der Waals surface area contributed by atoms with Crippen molar-refractivity contribution in [3.8, 4) is 0 Å². The van der Waals surface area contributed by atoms with Crippen LogP contribution in [0.1, 0.15) is 28.9 Å². The summed E-state index contributed by atoms with van der Waals surface area (Å²) in [6.45, 7) is 1.90. The largest absolute Gasteiger partial charge is 0.372 e. The molecule has 1 unspecified atom stereocenters. The van der Waals surface area contributed by atoms with Gasteiger partial charge in [-0.05, 0) is 28.9 Å². The predicted molar refractivity (Wildman–Crippen MR) is 76.0 cm³/mol. The molecule has 2 rings (SSSR count). The number of halogens is 1. The summed E-state index contributed by atoms with van der Waals surface area (Å²) >= 11 is 3.31. The van der Waals surface area contributed by atoms with Crippen molar-refractivity contribution in [3.05, 3.63) is 40.3 Å². The van der Waals surface area contributed by atoms with Crippen LogP contribution in [0.15, 0.2) is 29.1 Å². The number of nitrogens with one attached hydrogen (secondary N) is 3. The van der Waals surface area contributed by atoms with Gasteiger partial charge in [-0.15, -0.1) is 0 Å². The second kappa shape index (κ2) is 5.83. The van der Waals surface area contributed by atoms with E-state index in [0.717, 1.165) is 10.0 Å². The Morgan fingerprint density at radius 2 is 2.26 bits per heavy atom. The van der Waals surface area contributed by atoms with Crippen molar-refractivity contribution in [2.75, 3.05) is 12.4 Å². The fourth-order valence-corrected chi connectivity index (χ4v) is 2.00. The first-order valence-corrected chi connectivity index (χ1v) is 6.54. The molecule has 0 fully saturated rings. The number of rotatable bonds is 4. The number of carbonyl (C=O) groups excluding carboxylic acids is 1. The lowest BCUT2D eigenvalue weighted by Crippen LogP contribution is -2.27. The van der Waals surface area contributed by atoms with E-state index in [1.165, 1.54) is 0 Å². The van der Waals surface area contributed by atoms with Crippen LogP contribution in [0.25, 0.3) is 0 Å². The van der Waals surface area contributed by atoms with Gasteiger partial charge in [-0.3, -0.25) is 9.89 Å². The van der Waals surface area contributed by atoms with Crippen molar-refractivity contribution in [2.45, 2.75) is 13.0 Å². The molecule has 7 heteroatoms. The van der Waals surface area contributed by atoms with Crippen LogP contribution in [-0.4, -0.2) is 28.1 Å². The lowest BCUT2D eigenvalue weighted by atomic mass is 10.1. The number of nitrogens with zero attached hydrogens (tertiary/aromatic N) is 2. The maximum Gasteiger partial charge on any atom is 0.255 e. The van der Waals surface area contributed by atoms with Gasteiger partial charge in [-0.2, -0.15) is 5.10 Å². The van der Waals surface area contributed by atoms with E-state index in [-0.39, 0.29) is 11.9 Å². The van der Waals surface area contributed by atoms with Crippen molar-refractivity contribution in [1.82, 2.24) is 20.5 Å². The van der Waals surface area contributed by atoms with Crippen molar-refractivity contribution >= 4 is 27.7 Å². The number of aromatic amines is 1. The molecular weight excluding hydrogens is 310 g/mol. The van der Waals surface area contributed by atoms with Gasteiger partial charge >= 0.3 is 0 Å². The van der Waals surface area contributed by atoms with E-state index in [4.69, 9.17) is 0 Å². The molecule has 3 N–H and O–H groups in total. The number of carbonyl (C=O) groups is 1. The minimum absolute atomic E-state index is 0.130. The average molecular weight is 324 g/mol. The summed E-state index contributed by atoms with van der Waals surface area (Å²) in [5.74, 6) is 0.354. The van der Waals surface area contributed by atoms with Crippen LogP contribution in [0.2, 0.25) is 0 Å². The maximum absolute atomic E-state index is 12.2. The SMILES string of the molecule is CNc1ncc(Br)cc1C(=O)NC(C)c1cn[nH]c1. The molecule has 0 aliphatic heterocycles. The Morgan fingerprint density at radius 3 is 2.89 bits per heavy atom. The Morgan fingerprint density at radius 1 is 1.47 bits per heavy atom. The van der Waals surface area contributed by atoms with Gasteiger partial charge in [0.1, 0.15) is 5.82 Å². The fourth-order valence-electron chi connectivity index (χ4n) is 1.67. The molecule has 2 aromatic heterocycles. The number of hydrogen-bond donors (Lipinski definition) is 3. The van der Waals surface area contributed by atoms with Gasteiger partial charge in [0.25, 0.3) is 5.91 Å². The molecule has 2 heterocycles. The number of hydrogen-bond acceptors (Lipinski definition) is 4. The third-order valence-electron chi connectivity index (χ3n) is 2.70. The molecule has 1 atom stereocenters. The van der Waals surface area contributed by atoms with Crippen molar-refractivity contribution in [3.63, 3.8) is 0 Å². The third kappa shape index (κ3) is 3.11. The van der Waals surface area contributed by atoms with Crippen LogP contribution < -0.4 is 10.6 Å². The standard InChI is InChI=1S/C12H14BrN5O/c1-7(8-4-16-17-5-8)18-12(19)10-3-9(13)6-15-11(10)14-2/h3-7H,1-2H3,(H,14,15)(H,16,17)(H,18,19). The van der Waals surface area contributed by atoms with E-state index in [1.807, 2.05) is 6.92 Å². The van der Waals surface area contributed by atoms with Crippen LogP contribution >= 0.6 is 15.9 Å². The Kier molecular flexibility index (Phi) is 4.16. The van der Waals surface area contributed by atoms with Crippen LogP contribution in [-0.2, 0) is 0 Å². The summed E-state index contributed by atoms with van der Waals surface area (Å²) in [5, 5.41) is 12.4. The fraction of sp³-hybridized carbons (Fsp3) is 0.250. The van der Waals surface area contributed by atoms with E-state index in [2.05, 4.69) is 41.7 Å². The highest BCUT2D eigenvalue weighted by Gasteiger charge is 2.16. The van der Waals surface area contributed by atoms with Crippen molar-refractivity contribution < 1.29 is 4.79 Å². The van der Waals surface area contributed by atoms with Crippen LogP contribution in [0, 0.1) is 0 Å². The molecule has 0 spiro atoms. The van der Waals surface area contributed by atoms with Crippen molar-refractivity contribution in [1.29, 1.82) is 0 Å². The number of H-pyrrole nitrogens is 1. The molecule has 0 radical (unpaired) electrons. The molecule has 0 aromatic carbocycles. The first-order chi connectivity index (χ1) is 9.11. The minimum Gasteiger partial charge on any atom is -0.372 e. The highest BCUT2D eigenvalue weighted by Crippen LogP contribution is 2.19. The molecule has 100 valence electrons. The highest BCUT2D eigenvalue weighted by molar-refractivity contribution is 9.10. The minimum atomic E-state index is -0.188. The Hall–Kier alpha value is -1.89. The maximum atomic E-state index is 12.2. The topological polar surface area (TPSA) is 82.7 Å². The van der Waals surface area contributed by atoms with E-state index in [0.29, 0.717) is 11.4 Å². The lowest BCUT2D eigenvalue weighted by Gasteiger charge is -2.14. The monoisotopic (exact) mass is 323 g/mol. The average Bonchev–Trinajstić information content (AvgIpc) is 2.92. The summed E-state index contributed by atoms with van der Waals surface area (Å²) in [6.07, 6.45) is 5.08. The number of aromatic nitrogens is 3. The number of anilines is 1. The Balaban J connectivity index is 2.18. The summed E-state index contributed by atoms with van der Waals surface area (Å²) in [6, 6.07) is 1.60. The van der Waals surface area contributed by atoms with Gasteiger partial charge < -0.3 is 10.6 Å². The molecule has 0 aliphatic carbocycles. The van der Waals surface area contributed by atoms with Gasteiger partial charge in [-0.1, -0.05) is 0 Å². The van der Waals surface area contributed by atoms with E-state index in [9.17, 15) is 4.79 Å². The molecule has 0 bridgehead atoms. The second-order valence-corrected chi connectivity index (χ2v) is 4.94. The second-order valence-electron chi connectivity index (χ2n) is 4.03. The van der Waals surface area contributed by atoms with E-state index < -0.39 is 0 Å². The molecule has 6 nitrogen and oxygen atoms in total. The quantitative estimate of drug-likeness (QED) is 0.804. The molecule has 0 saturated heterocycles. The summed E-state index contributed by atoms with van der Waals surface area (Å²) in [4.78, 5) is 16.4. The lowest BCUT2D eigenvalue weighted by molar-refractivity contribution is 0.0940. The van der Waals surface area contributed by atoms with Crippen LogP contribution in [0.3, 0.4) is 0 Å². The van der Waals surface area contributed by atoms with Gasteiger partial charge in [0.2, 0.25) is 0 Å². The molecule has 2 aromatic rings. The molecular formula is C12H14BrN5O. The third-order valence-corrected chi connectivity index (χ3v) is 3.14. The zero-order valence-electron chi connectivity index (χ0n) is 10.6. The Labute approximate surface area is 119 Å². The van der Waals surface area contributed by atoms with Gasteiger partial charge in [-0.25, -0.2) is 4.98 Å². The van der Waals surface area contributed by atoms with Gasteiger partial charge in [0.15, 0.2) is 0 Å². The zero-order valence-corrected chi connectivity index (χ0v) is 12.2. The highest BCUT2D eigenvalue weighted by atomic mass is 79.9. The van der Waals surface area contributed by atoms with Gasteiger partial charge in [0.05, 0.1) is 17.8 Å². The van der Waals surface area contributed by atoms with Crippen LogP contribution in [0.4, 0.5) is 5.82 Å². The first kappa shape index (κ1) is 13.5. The number of pyridine rings is 1. The van der Waals surface area contributed by atoms with Crippen LogP contribution in [0.5, 0.6) is 0 Å². The molecule has 0 saturated carbocycles. The summed E-state index contributed by atoms with van der Waals surface area (Å²) < 4.78 is 0.757. The van der Waals surface area contributed by atoms with E-state index in [1.54, 1.807) is 31.7 Å². The zero-order chi connectivity index (χ0) is 13.8. The summed E-state index contributed by atoms with van der Waals surface area (Å²) in [5.41, 5.74) is 1.41. The van der Waals surface area contributed by atoms with Gasteiger partial charge in [0, 0.05) is 29.5 Å². The smallest absolute Gasteiger partial charge is 0.255 e. The number of amides is 1.